The summed E-state index contributed by atoms with van der Waals surface area (Å²) in [7, 11) is 1.66. The van der Waals surface area contributed by atoms with E-state index < -0.39 is 0 Å². The summed E-state index contributed by atoms with van der Waals surface area (Å²) >= 11 is 6.44. The number of hydrogen-bond acceptors (Lipinski definition) is 9. The van der Waals surface area contributed by atoms with Gasteiger partial charge in [-0.2, -0.15) is 4.98 Å². The molecule has 1 unspecified atom stereocenters. The molecule has 1 fully saturated rings. The Bertz CT molecular complexity index is 1520. The number of ether oxygens (including phenoxy) is 3. The van der Waals surface area contributed by atoms with Crippen LogP contribution in [0, 0.1) is 0 Å². The molecule has 2 aliphatic heterocycles. The highest BCUT2D eigenvalue weighted by atomic mass is 35.5. The summed E-state index contributed by atoms with van der Waals surface area (Å²) < 4.78 is 18.3. The highest BCUT2D eigenvalue weighted by molar-refractivity contribution is 6.29. The minimum atomic E-state index is -0.140. The molecule has 218 valence electrons. The summed E-state index contributed by atoms with van der Waals surface area (Å²) in [6.45, 7) is 4.35. The molecule has 6 rings (SSSR count). The maximum atomic E-state index is 13.3. The van der Waals surface area contributed by atoms with Crippen molar-refractivity contribution in [2.24, 2.45) is 0 Å². The molecule has 0 saturated carbocycles. The van der Waals surface area contributed by atoms with Crippen molar-refractivity contribution in [2.45, 2.75) is 25.6 Å². The second kappa shape index (κ2) is 12.7. The first-order chi connectivity index (χ1) is 20.5. The first-order valence-corrected chi connectivity index (χ1v) is 14.2. The molecule has 0 radical (unpaired) electrons. The van der Waals surface area contributed by atoms with Gasteiger partial charge in [0.25, 0.3) is 0 Å². The number of rotatable bonds is 9. The summed E-state index contributed by atoms with van der Waals surface area (Å²) in [4.78, 5) is 31.1. The summed E-state index contributed by atoms with van der Waals surface area (Å²) in [5, 5.41) is 3.41. The Morgan fingerprint density at radius 3 is 2.64 bits per heavy atom. The lowest BCUT2D eigenvalue weighted by Crippen LogP contribution is -2.54. The fourth-order valence-corrected chi connectivity index (χ4v) is 5.42. The van der Waals surface area contributed by atoms with E-state index in [2.05, 4.69) is 37.2 Å². The molecular weight excluding hydrogens is 558 g/mol. The minimum Gasteiger partial charge on any atom is -0.497 e. The molecule has 1 saturated heterocycles. The Balaban J connectivity index is 1.18. The van der Waals surface area contributed by atoms with Crippen molar-refractivity contribution in [3.8, 4) is 23.2 Å². The van der Waals surface area contributed by atoms with E-state index in [1.165, 1.54) is 5.56 Å². The third-order valence-electron chi connectivity index (χ3n) is 7.35. The van der Waals surface area contributed by atoms with Crippen molar-refractivity contribution >= 4 is 23.3 Å². The average Bonchev–Trinajstić information content (AvgIpc) is 3.56. The number of hydrogen-bond donors (Lipinski definition) is 1. The van der Waals surface area contributed by atoms with Crippen LogP contribution in [0.5, 0.6) is 17.2 Å². The first kappa shape index (κ1) is 27.8. The SMILES string of the molecule is COc1ccc(CN2CCN(c3cc(Cl)nc(-n4ccnc4)n3)C(CC(=O)NCc3ccc4c(c3)OCCO4)C2)cc1. The van der Waals surface area contributed by atoms with Crippen LogP contribution in [0.4, 0.5) is 5.82 Å². The highest BCUT2D eigenvalue weighted by Crippen LogP contribution is 2.31. The van der Waals surface area contributed by atoms with Crippen molar-refractivity contribution in [3.63, 3.8) is 0 Å². The Morgan fingerprint density at radius 1 is 1.05 bits per heavy atom. The van der Waals surface area contributed by atoms with Gasteiger partial charge in [-0.3, -0.25) is 14.3 Å². The van der Waals surface area contributed by atoms with E-state index in [1.807, 2.05) is 30.3 Å². The fourth-order valence-electron chi connectivity index (χ4n) is 5.25. The van der Waals surface area contributed by atoms with Crippen molar-refractivity contribution in [1.29, 1.82) is 0 Å². The van der Waals surface area contributed by atoms with E-state index in [9.17, 15) is 4.79 Å². The van der Waals surface area contributed by atoms with Crippen molar-refractivity contribution in [2.75, 3.05) is 44.9 Å². The monoisotopic (exact) mass is 589 g/mol. The van der Waals surface area contributed by atoms with E-state index in [-0.39, 0.29) is 18.4 Å². The predicted octanol–water partition coefficient (Wildman–Crippen LogP) is 3.49. The van der Waals surface area contributed by atoms with E-state index in [4.69, 9.17) is 30.8 Å². The molecule has 12 heteroatoms. The summed E-state index contributed by atoms with van der Waals surface area (Å²) in [5.74, 6) is 3.30. The standard InChI is InChI=1S/C30H32ClN7O4/c1-40-24-5-2-21(3-6-24)18-36-10-11-38(28-16-27(31)34-30(35-28)37-9-8-32-20-37)23(19-36)15-29(39)33-17-22-4-7-25-26(14-22)42-13-12-41-25/h2-9,14,16,20,23H,10-13,15,17-19H2,1H3,(H,33,39). The molecule has 2 aliphatic rings. The fraction of sp³-hybridized carbons (Fsp3) is 0.333. The number of amides is 1. The van der Waals surface area contributed by atoms with Crippen LogP contribution >= 0.6 is 11.6 Å². The molecule has 42 heavy (non-hydrogen) atoms. The molecule has 1 atom stereocenters. The molecule has 0 spiro atoms. The van der Waals surface area contributed by atoms with Gasteiger partial charge in [0.05, 0.1) is 13.2 Å². The van der Waals surface area contributed by atoms with Gasteiger partial charge in [-0.05, 0) is 35.4 Å². The topological polar surface area (TPSA) is 107 Å². The molecule has 0 aliphatic carbocycles. The molecule has 4 aromatic rings. The van der Waals surface area contributed by atoms with E-state index in [1.54, 1.807) is 36.5 Å². The molecule has 2 aromatic carbocycles. The van der Waals surface area contributed by atoms with Gasteiger partial charge in [0, 0.05) is 57.6 Å². The summed E-state index contributed by atoms with van der Waals surface area (Å²) in [6.07, 6.45) is 5.35. The summed E-state index contributed by atoms with van der Waals surface area (Å²) in [5.41, 5.74) is 2.13. The molecule has 2 aromatic heterocycles. The zero-order chi connectivity index (χ0) is 28.9. The number of benzene rings is 2. The number of fused-ring (bicyclic) bond motifs is 1. The maximum Gasteiger partial charge on any atom is 0.238 e. The number of piperazine rings is 1. The van der Waals surface area contributed by atoms with Crippen molar-refractivity contribution in [1.82, 2.24) is 29.7 Å². The Kier molecular flexibility index (Phi) is 8.38. The van der Waals surface area contributed by atoms with Gasteiger partial charge in [-0.1, -0.05) is 29.8 Å². The number of anilines is 1. The van der Waals surface area contributed by atoms with Gasteiger partial charge in [0.15, 0.2) is 11.5 Å². The van der Waals surface area contributed by atoms with E-state index in [0.29, 0.717) is 55.5 Å². The van der Waals surface area contributed by atoms with E-state index >= 15 is 0 Å². The quantitative estimate of drug-likeness (QED) is 0.294. The normalized spacial score (nSPS) is 16.7. The molecule has 0 bridgehead atoms. The van der Waals surface area contributed by atoms with Crippen molar-refractivity contribution < 1.29 is 19.0 Å². The maximum absolute atomic E-state index is 13.3. The van der Waals surface area contributed by atoms with Crippen LogP contribution in [0.15, 0.2) is 67.3 Å². The van der Waals surface area contributed by atoms with Crippen LogP contribution in [0.3, 0.4) is 0 Å². The Hall–Kier alpha value is -4.35. The van der Waals surface area contributed by atoms with Gasteiger partial charge in [0.2, 0.25) is 11.9 Å². The Labute approximate surface area is 249 Å². The number of halogens is 1. The zero-order valence-corrected chi connectivity index (χ0v) is 24.0. The van der Waals surface area contributed by atoms with E-state index in [0.717, 1.165) is 30.2 Å². The van der Waals surface area contributed by atoms with Gasteiger partial charge in [-0.15, -0.1) is 0 Å². The largest absolute Gasteiger partial charge is 0.497 e. The lowest BCUT2D eigenvalue weighted by molar-refractivity contribution is -0.121. The van der Waals surface area contributed by atoms with Crippen LogP contribution in [-0.2, 0) is 17.9 Å². The third-order valence-corrected chi connectivity index (χ3v) is 7.54. The Morgan fingerprint density at radius 2 is 1.86 bits per heavy atom. The smallest absolute Gasteiger partial charge is 0.238 e. The highest BCUT2D eigenvalue weighted by Gasteiger charge is 2.30. The molecule has 1 amide bonds. The number of carbonyl (C=O) groups excluding carboxylic acids is 1. The number of methoxy groups -OCH3 is 1. The summed E-state index contributed by atoms with van der Waals surface area (Å²) in [6, 6.07) is 15.4. The van der Waals surface area contributed by atoms with Crippen LogP contribution in [0.25, 0.3) is 5.95 Å². The van der Waals surface area contributed by atoms with Crippen LogP contribution in [-0.4, -0.2) is 76.3 Å². The lowest BCUT2D eigenvalue weighted by Gasteiger charge is -2.42. The van der Waals surface area contributed by atoms with Gasteiger partial charge in [0.1, 0.15) is 36.3 Å². The number of aromatic nitrogens is 4. The number of nitrogens with zero attached hydrogens (tertiary/aromatic N) is 6. The molecule has 11 nitrogen and oxygen atoms in total. The zero-order valence-electron chi connectivity index (χ0n) is 23.3. The van der Waals surface area contributed by atoms with Gasteiger partial charge in [-0.25, -0.2) is 9.97 Å². The number of imidazole rings is 1. The van der Waals surface area contributed by atoms with Crippen LogP contribution < -0.4 is 24.4 Å². The third kappa shape index (κ3) is 6.58. The first-order valence-electron chi connectivity index (χ1n) is 13.8. The van der Waals surface area contributed by atoms with Crippen LogP contribution in [0.2, 0.25) is 5.15 Å². The molecule has 4 heterocycles. The number of carbonyl (C=O) groups is 1. The van der Waals surface area contributed by atoms with Crippen molar-refractivity contribution in [3.05, 3.63) is 83.5 Å². The lowest BCUT2D eigenvalue weighted by atomic mass is 10.1. The average molecular weight is 590 g/mol. The predicted molar refractivity (Wildman–Crippen MR) is 157 cm³/mol. The number of nitrogens with one attached hydrogen (secondary N) is 1. The van der Waals surface area contributed by atoms with Gasteiger partial charge >= 0.3 is 0 Å². The second-order valence-corrected chi connectivity index (χ2v) is 10.6. The second-order valence-electron chi connectivity index (χ2n) is 10.2. The molecule has 1 N–H and O–H groups in total. The van der Waals surface area contributed by atoms with Crippen LogP contribution in [0.1, 0.15) is 17.5 Å². The molecular formula is C30H32ClN7O4. The van der Waals surface area contributed by atoms with Gasteiger partial charge < -0.3 is 24.4 Å². The minimum absolute atomic E-state index is 0.0545.